The van der Waals surface area contributed by atoms with E-state index in [9.17, 15) is 4.79 Å². The summed E-state index contributed by atoms with van der Waals surface area (Å²) in [4.78, 5) is 12.6. The highest BCUT2D eigenvalue weighted by atomic mass is 16.5. The van der Waals surface area contributed by atoms with Crippen LogP contribution < -0.4 is 9.47 Å². The Hall–Kier alpha value is -2.29. The summed E-state index contributed by atoms with van der Waals surface area (Å²) in [6, 6.07) is 15.5. The van der Waals surface area contributed by atoms with Crippen LogP contribution in [0.2, 0.25) is 0 Å². The van der Waals surface area contributed by atoms with Crippen molar-refractivity contribution in [2.24, 2.45) is 5.41 Å². The minimum absolute atomic E-state index is 0.306. The van der Waals surface area contributed by atoms with Crippen molar-refractivity contribution >= 4 is 5.97 Å². The molecule has 32 heavy (non-hydrogen) atoms. The molecular formula is C29H38O3. The largest absolute Gasteiger partial charge is 0.494 e. The Kier molecular flexibility index (Phi) is 7.23. The molecular weight excluding hydrogens is 396 g/mol. The van der Waals surface area contributed by atoms with Crippen LogP contribution in [0, 0.1) is 5.41 Å². The molecule has 0 amide bonds. The van der Waals surface area contributed by atoms with Gasteiger partial charge in [0, 0.05) is 0 Å². The molecule has 3 aliphatic carbocycles. The van der Waals surface area contributed by atoms with Crippen LogP contribution in [0.25, 0.3) is 0 Å². The van der Waals surface area contributed by atoms with Crippen molar-refractivity contribution in [1.82, 2.24) is 0 Å². The van der Waals surface area contributed by atoms with Gasteiger partial charge in [-0.15, -0.1) is 0 Å². The molecule has 0 heterocycles. The summed E-state index contributed by atoms with van der Waals surface area (Å²) in [6.07, 6.45) is 14.1. The van der Waals surface area contributed by atoms with E-state index in [0.717, 1.165) is 18.8 Å². The Morgan fingerprint density at radius 3 is 2.00 bits per heavy atom. The van der Waals surface area contributed by atoms with Gasteiger partial charge in [0.25, 0.3) is 0 Å². The summed E-state index contributed by atoms with van der Waals surface area (Å²) in [5.74, 6) is 1.05. The first-order chi connectivity index (χ1) is 15.6. The number of fused-ring (bicyclic) bond motifs is 3. The van der Waals surface area contributed by atoms with E-state index in [4.69, 9.17) is 9.47 Å². The fourth-order valence-corrected chi connectivity index (χ4v) is 5.87. The van der Waals surface area contributed by atoms with Gasteiger partial charge < -0.3 is 9.47 Å². The third-order valence-corrected chi connectivity index (χ3v) is 7.97. The molecule has 2 bridgehead atoms. The Bertz CT molecular complexity index is 857. The first-order valence-corrected chi connectivity index (χ1v) is 12.6. The smallest absolute Gasteiger partial charge is 0.343 e. The minimum Gasteiger partial charge on any atom is -0.494 e. The predicted molar refractivity (Wildman–Crippen MR) is 130 cm³/mol. The van der Waals surface area contributed by atoms with Crippen LogP contribution in [0.15, 0.2) is 48.5 Å². The molecule has 2 aromatic carbocycles. The highest BCUT2D eigenvalue weighted by molar-refractivity contribution is 5.91. The Labute approximate surface area is 193 Å². The summed E-state index contributed by atoms with van der Waals surface area (Å²) in [5.41, 5.74) is 2.96. The highest BCUT2D eigenvalue weighted by Crippen LogP contribution is 2.59. The monoisotopic (exact) mass is 434 g/mol. The molecule has 3 aliphatic rings. The fraction of sp³-hybridized carbons (Fsp3) is 0.552. The second-order valence-electron chi connectivity index (χ2n) is 10.0. The van der Waals surface area contributed by atoms with Crippen LogP contribution in [-0.2, 0) is 5.41 Å². The number of ether oxygens (including phenoxy) is 2. The van der Waals surface area contributed by atoms with E-state index in [-0.39, 0.29) is 5.97 Å². The number of esters is 1. The molecule has 5 rings (SSSR count). The molecule has 0 unspecified atom stereocenters. The van der Waals surface area contributed by atoms with Gasteiger partial charge in [0.2, 0.25) is 0 Å². The molecule has 3 heteroatoms. The molecule has 3 nitrogen and oxygen atoms in total. The average Bonchev–Trinajstić information content (AvgIpc) is 2.84. The Morgan fingerprint density at radius 1 is 0.781 bits per heavy atom. The zero-order valence-corrected chi connectivity index (χ0v) is 19.8. The second kappa shape index (κ2) is 10.1. The minimum atomic E-state index is -0.306. The number of unbranched alkanes of at least 4 members (excludes halogenated alkanes) is 2. The number of benzene rings is 2. The molecule has 0 N–H and O–H groups in total. The number of rotatable bonds is 10. The lowest BCUT2D eigenvalue weighted by Crippen LogP contribution is -2.44. The molecule has 0 radical (unpaired) electrons. The maximum Gasteiger partial charge on any atom is 0.343 e. The Balaban J connectivity index is 1.33. The van der Waals surface area contributed by atoms with E-state index in [1.54, 1.807) is 12.1 Å². The van der Waals surface area contributed by atoms with Gasteiger partial charge in [0.05, 0.1) is 12.2 Å². The maximum absolute atomic E-state index is 12.6. The van der Waals surface area contributed by atoms with Gasteiger partial charge in [0.1, 0.15) is 11.5 Å². The van der Waals surface area contributed by atoms with Gasteiger partial charge >= 0.3 is 5.97 Å². The van der Waals surface area contributed by atoms with Crippen LogP contribution in [0.5, 0.6) is 11.5 Å². The third-order valence-electron chi connectivity index (χ3n) is 7.97. The van der Waals surface area contributed by atoms with Gasteiger partial charge in [-0.2, -0.15) is 0 Å². The first kappa shape index (κ1) is 22.9. The van der Waals surface area contributed by atoms with Crippen molar-refractivity contribution in [1.29, 1.82) is 0 Å². The van der Waals surface area contributed by atoms with Crippen LogP contribution in [0.3, 0.4) is 0 Å². The Morgan fingerprint density at radius 2 is 1.41 bits per heavy atom. The van der Waals surface area contributed by atoms with Crippen LogP contribution in [0.4, 0.5) is 0 Å². The molecule has 2 aromatic rings. The normalized spacial score (nSPS) is 24.3. The van der Waals surface area contributed by atoms with Crippen LogP contribution in [-0.4, -0.2) is 12.6 Å². The fourth-order valence-electron chi connectivity index (χ4n) is 5.87. The average molecular weight is 435 g/mol. The lowest BCUT2D eigenvalue weighted by Gasteiger charge is -2.54. The number of carbonyl (C=O) groups excluding carboxylic acids is 1. The summed E-state index contributed by atoms with van der Waals surface area (Å²) >= 11 is 0. The van der Waals surface area contributed by atoms with Crippen molar-refractivity contribution in [3.63, 3.8) is 0 Å². The number of hydrogen-bond donors (Lipinski definition) is 0. The third kappa shape index (κ3) is 5.03. The molecule has 0 atom stereocenters. The quantitative estimate of drug-likeness (QED) is 0.217. The standard InChI is InChI=1S/C29H38O3/c1-3-5-6-22-31-25-11-13-26(14-12-25)32-27(30)23-7-9-24(10-8-23)29-19-16-28(15-4-2,17-20-29)18-21-29/h7-14H,3-6,15-22H2,1-2H3. The SMILES string of the molecule is CCCCCOc1ccc(OC(=O)c2ccc(C34CCC(CCC)(CC3)CC4)cc2)cc1. The van der Waals surface area contributed by atoms with Crippen molar-refractivity contribution in [2.75, 3.05) is 6.61 Å². The van der Waals surface area contributed by atoms with Crippen LogP contribution >= 0.6 is 0 Å². The summed E-state index contributed by atoms with van der Waals surface area (Å²) in [5, 5.41) is 0. The van der Waals surface area contributed by atoms with Gasteiger partial charge in [-0.05, 0) is 104 Å². The van der Waals surface area contributed by atoms with Gasteiger partial charge in [-0.25, -0.2) is 4.79 Å². The predicted octanol–water partition coefficient (Wildman–Crippen LogP) is 7.87. The van der Waals surface area contributed by atoms with E-state index in [1.807, 2.05) is 24.3 Å². The lowest BCUT2D eigenvalue weighted by molar-refractivity contribution is 0.0320. The van der Waals surface area contributed by atoms with Crippen molar-refractivity contribution in [2.45, 2.75) is 89.9 Å². The molecule has 3 saturated carbocycles. The number of carbonyl (C=O) groups is 1. The zero-order chi connectivity index (χ0) is 22.4. The van der Waals surface area contributed by atoms with Crippen molar-refractivity contribution in [3.05, 3.63) is 59.7 Å². The van der Waals surface area contributed by atoms with E-state index in [2.05, 4.69) is 26.0 Å². The summed E-state index contributed by atoms with van der Waals surface area (Å²) in [6.45, 7) is 5.22. The van der Waals surface area contributed by atoms with E-state index >= 15 is 0 Å². The second-order valence-corrected chi connectivity index (χ2v) is 10.0. The maximum atomic E-state index is 12.6. The summed E-state index contributed by atoms with van der Waals surface area (Å²) < 4.78 is 11.3. The molecule has 0 aromatic heterocycles. The van der Waals surface area contributed by atoms with Gasteiger partial charge in [-0.3, -0.25) is 0 Å². The highest BCUT2D eigenvalue weighted by Gasteiger charge is 2.48. The first-order valence-electron chi connectivity index (χ1n) is 12.6. The van der Waals surface area contributed by atoms with Crippen LogP contribution in [0.1, 0.15) is 100 Å². The van der Waals surface area contributed by atoms with Crippen molar-refractivity contribution < 1.29 is 14.3 Å². The zero-order valence-electron chi connectivity index (χ0n) is 19.8. The molecule has 3 fully saturated rings. The van der Waals surface area contributed by atoms with Gasteiger partial charge in [0.15, 0.2) is 0 Å². The molecule has 0 spiro atoms. The topological polar surface area (TPSA) is 35.5 Å². The molecule has 172 valence electrons. The van der Waals surface area contributed by atoms with E-state index < -0.39 is 0 Å². The number of hydrogen-bond acceptors (Lipinski definition) is 3. The summed E-state index contributed by atoms with van der Waals surface area (Å²) in [7, 11) is 0. The lowest BCUT2D eigenvalue weighted by atomic mass is 9.51. The van der Waals surface area contributed by atoms with Crippen molar-refractivity contribution in [3.8, 4) is 11.5 Å². The van der Waals surface area contributed by atoms with Gasteiger partial charge in [-0.1, -0.05) is 45.2 Å². The molecule has 0 saturated heterocycles. The van der Waals surface area contributed by atoms with E-state index in [0.29, 0.717) is 22.1 Å². The van der Waals surface area contributed by atoms with E-state index in [1.165, 1.54) is 69.8 Å². The molecule has 0 aliphatic heterocycles.